The van der Waals surface area contributed by atoms with E-state index in [0.29, 0.717) is 35.6 Å². The molecule has 3 aromatic rings. The number of carbonyl (C=O) groups excluding carboxylic acids is 3. The molecule has 3 heterocycles. The first-order valence-corrected chi connectivity index (χ1v) is 14.5. The normalized spacial score (nSPS) is 17.5. The molecule has 206 valence electrons. The lowest BCUT2D eigenvalue weighted by Crippen LogP contribution is -2.54. The number of aromatic nitrogens is 2. The summed E-state index contributed by atoms with van der Waals surface area (Å²) in [5.74, 6) is -1.67. The number of Topliss-reactive ketones (excluding diaryl/α,β-unsaturated/α-hetero) is 1. The Bertz CT molecular complexity index is 1460. The Labute approximate surface area is 228 Å². The van der Waals surface area contributed by atoms with Crippen molar-refractivity contribution in [2.75, 3.05) is 13.1 Å². The monoisotopic (exact) mass is 551 g/mol. The lowest BCUT2D eigenvalue weighted by Gasteiger charge is -2.34. The van der Waals surface area contributed by atoms with Crippen molar-refractivity contribution in [2.45, 2.75) is 56.6 Å². The van der Waals surface area contributed by atoms with E-state index >= 15 is 0 Å². The first-order chi connectivity index (χ1) is 18.6. The highest BCUT2D eigenvalue weighted by atomic mass is 32.2. The number of amides is 2. The summed E-state index contributed by atoms with van der Waals surface area (Å²) in [6, 6.07) is 12.5. The summed E-state index contributed by atoms with van der Waals surface area (Å²) in [5, 5.41) is 0.419. The Hall–Kier alpha value is -3.70. The maximum atomic E-state index is 13.9. The highest BCUT2D eigenvalue weighted by Gasteiger charge is 2.42. The van der Waals surface area contributed by atoms with E-state index in [2.05, 4.69) is 9.97 Å². The topological polar surface area (TPSA) is 144 Å². The average molecular weight is 552 g/mol. The van der Waals surface area contributed by atoms with Gasteiger partial charge in [-0.2, -0.15) is 8.42 Å². The SMILES string of the molecule is CC(C)C[C@H](N)C(=O)N1CCCCC(N(C(=O)c2ccc3ccccc3n2)S(=O)(=O)c2ccccn2)C(=O)C1. The molecular formula is C28H33N5O5S. The number of likely N-dealkylation sites (tertiary alicyclic amines) is 1. The molecule has 0 saturated carbocycles. The van der Waals surface area contributed by atoms with Crippen molar-refractivity contribution in [2.24, 2.45) is 11.7 Å². The van der Waals surface area contributed by atoms with Crippen molar-refractivity contribution < 1.29 is 22.8 Å². The van der Waals surface area contributed by atoms with Crippen LogP contribution in [0.15, 0.2) is 65.8 Å². The molecule has 4 rings (SSSR count). The van der Waals surface area contributed by atoms with E-state index in [1.165, 1.54) is 29.3 Å². The number of sulfonamides is 1. The molecular weight excluding hydrogens is 518 g/mol. The zero-order chi connectivity index (χ0) is 28.2. The van der Waals surface area contributed by atoms with Gasteiger partial charge >= 0.3 is 0 Å². The summed E-state index contributed by atoms with van der Waals surface area (Å²) >= 11 is 0. The zero-order valence-electron chi connectivity index (χ0n) is 22.1. The molecule has 0 radical (unpaired) electrons. The number of nitrogens with zero attached hydrogens (tertiary/aromatic N) is 4. The van der Waals surface area contributed by atoms with Gasteiger partial charge in [-0.1, -0.05) is 44.2 Å². The molecule has 1 fully saturated rings. The summed E-state index contributed by atoms with van der Waals surface area (Å²) in [6.45, 7) is 3.89. The predicted molar refractivity (Wildman–Crippen MR) is 146 cm³/mol. The number of hydrogen-bond acceptors (Lipinski definition) is 8. The van der Waals surface area contributed by atoms with Crippen molar-refractivity contribution in [1.82, 2.24) is 19.2 Å². The zero-order valence-corrected chi connectivity index (χ0v) is 22.9. The second-order valence-electron chi connectivity index (χ2n) is 10.1. The van der Waals surface area contributed by atoms with Gasteiger partial charge in [0.2, 0.25) is 5.91 Å². The number of para-hydroxylation sites is 1. The van der Waals surface area contributed by atoms with Crippen LogP contribution in [-0.4, -0.2) is 70.4 Å². The minimum Gasteiger partial charge on any atom is -0.334 e. The number of hydrogen-bond donors (Lipinski definition) is 1. The average Bonchev–Trinajstić information content (AvgIpc) is 2.91. The van der Waals surface area contributed by atoms with Gasteiger partial charge in [0.1, 0.15) is 11.7 Å². The number of ketones is 1. The Morgan fingerprint density at radius 1 is 1.08 bits per heavy atom. The summed E-state index contributed by atoms with van der Waals surface area (Å²) in [7, 11) is -4.55. The summed E-state index contributed by atoms with van der Waals surface area (Å²) in [4.78, 5) is 50.3. The predicted octanol–water partition coefficient (Wildman–Crippen LogP) is 2.78. The van der Waals surface area contributed by atoms with Crippen molar-refractivity contribution >= 4 is 38.5 Å². The summed E-state index contributed by atoms with van der Waals surface area (Å²) in [5.41, 5.74) is 6.51. The molecule has 2 aromatic heterocycles. The van der Waals surface area contributed by atoms with Crippen LogP contribution in [0, 0.1) is 5.92 Å². The molecule has 0 bridgehead atoms. The highest BCUT2D eigenvalue weighted by Crippen LogP contribution is 2.25. The molecule has 11 heteroatoms. The Morgan fingerprint density at radius 3 is 2.54 bits per heavy atom. The van der Waals surface area contributed by atoms with Gasteiger partial charge in [0.25, 0.3) is 15.9 Å². The van der Waals surface area contributed by atoms with Gasteiger partial charge in [-0.15, -0.1) is 0 Å². The fourth-order valence-electron chi connectivity index (χ4n) is 4.77. The van der Waals surface area contributed by atoms with Crippen LogP contribution in [0.5, 0.6) is 0 Å². The smallest absolute Gasteiger partial charge is 0.286 e. The van der Waals surface area contributed by atoms with Crippen molar-refractivity contribution in [3.8, 4) is 0 Å². The molecule has 1 unspecified atom stereocenters. The first kappa shape index (κ1) is 28.3. The van der Waals surface area contributed by atoms with E-state index in [4.69, 9.17) is 5.73 Å². The van der Waals surface area contributed by atoms with Crippen LogP contribution >= 0.6 is 0 Å². The van der Waals surface area contributed by atoms with Gasteiger partial charge < -0.3 is 10.6 Å². The Balaban J connectivity index is 1.73. The maximum absolute atomic E-state index is 13.9. The maximum Gasteiger partial charge on any atom is 0.286 e. The molecule has 1 aromatic carbocycles. The fourth-order valence-corrected chi connectivity index (χ4v) is 6.29. The van der Waals surface area contributed by atoms with Crippen LogP contribution in [0.4, 0.5) is 0 Å². The molecule has 10 nitrogen and oxygen atoms in total. The second-order valence-corrected chi connectivity index (χ2v) is 11.9. The van der Waals surface area contributed by atoms with Crippen molar-refractivity contribution in [1.29, 1.82) is 0 Å². The molecule has 2 N–H and O–H groups in total. The van der Waals surface area contributed by atoms with Gasteiger partial charge in [0, 0.05) is 18.1 Å². The molecule has 1 aliphatic heterocycles. The quantitative estimate of drug-likeness (QED) is 0.472. The third-order valence-corrected chi connectivity index (χ3v) is 8.40. The van der Waals surface area contributed by atoms with Crippen LogP contribution in [0.1, 0.15) is 50.0 Å². The Morgan fingerprint density at radius 2 is 1.82 bits per heavy atom. The first-order valence-electron chi connectivity index (χ1n) is 13.0. The highest BCUT2D eigenvalue weighted by molar-refractivity contribution is 7.89. The van der Waals surface area contributed by atoms with Crippen molar-refractivity contribution in [3.63, 3.8) is 0 Å². The van der Waals surface area contributed by atoms with Gasteiger partial charge in [0.15, 0.2) is 10.8 Å². The molecule has 0 spiro atoms. The number of nitrogens with two attached hydrogens (primary N) is 1. The molecule has 39 heavy (non-hydrogen) atoms. The second kappa shape index (κ2) is 12.0. The molecule has 2 amide bonds. The van der Waals surface area contributed by atoms with Gasteiger partial charge in [-0.3, -0.25) is 14.4 Å². The van der Waals surface area contributed by atoms with Crippen LogP contribution in [0.3, 0.4) is 0 Å². The summed E-state index contributed by atoms with van der Waals surface area (Å²) < 4.78 is 28.3. The van der Waals surface area contributed by atoms with Crippen LogP contribution in [0.25, 0.3) is 10.9 Å². The fraction of sp³-hybridized carbons (Fsp3) is 0.393. The third-order valence-electron chi connectivity index (χ3n) is 6.69. The lowest BCUT2D eigenvalue weighted by atomic mass is 9.99. The number of benzene rings is 1. The molecule has 1 saturated heterocycles. The van der Waals surface area contributed by atoms with Crippen molar-refractivity contribution in [3.05, 3.63) is 66.5 Å². The number of rotatable bonds is 7. The van der Waals surface area contributed by atoms with Gasteiger partial charge in [0.05, 0.1) is 18.1 Å². The summed E-state index contributed by atoms with van der Waals surface area (Å²) in [6.07, 6.45) is 2.83. The standard InChI is InChI=1S/C28H33N5O5S/c1-19(2)17-21(29)27(35)32-16-8-6-11-24(25(34)18-32)33(39(37,38)26-12-5-7-15-30-26)28(36)23-14-13-20-9-3-4-10-22(20)31-23/h3-5,7,9-10,12-15,19,21,24H,6,8,11,16-18,29H2,1-2H3/t21-,24?/m0/s1. The number of pyridine rings is 2. The van der Waals surface area contributed by atoms with Crippen LogP contribution < -0.4 is 5.73 Å². The molecule has 0 aliphatic carbocycles. The van der Waals surface area contributed by atoms with Crippen LogP contribution in [0.2, 0.25) is 0 Å². The molecule has 2 atom stereocenters. The van der Waals surface area contributed by atoms with E-state index in [0.717, 1.165) is 5.39 Å². The number of fused-ring (bicyclic) bond motifs is 1. The molecule has 1 aliphatic rings. The minimum absolute atomic E-state index is 0.115. The van der Waals surface area contributed by atoms with Crippen LogP contribution in [-0.2, 0) is 19.6 Å². The van der Waals surface area contributed by atoms with Gasteiger partial charge in [-0.25, -0.2) is 14.3 Å². The van der Waals surface area contributed by atoms with E-state index in [1.807, 2.05) is 26.0 Å². The largest absolute Gasteiger partial charge is 0.334 e. The number of carbonyl (C=O) groups is 3. The van der Waals surface area contributed by atoms with Gasteiger partial charge in [-0.05, 0) is 55.9 Å². The lowest BCUT2D eigenvalue weighted by molar-refractivity contribution is -0.138. The third kappa shape index (κ3) is 6.31. The van der Waals surface area contributed by atoms with E-state index in [9.17, 15) is 22.8 Å². The van der Waals surface area contributed by atoms with E-state index in [-0.39, 0.29) is 35.5 Å². The van der Waals surface area contributed by atoms with E-state index in [1.54, 1.807) is 24.3 Å². The van der Waals surface area contributed by atoms with E-state index < -0.39 is 33.8 Å². The Kier molecular flexibility index (Phi) is 8.71. The minimum atomic E-state index is -4.55.